The van der Waals surface area contributed by atoms with Crippen LogP contribution in [0.4, 0.5) is 4.39 Å². The molecule has 1 unspecified atom stereocenters. The maximum Gasteiger partial charge on any atom is 0.131 e. The van der Waals surface area contributed by atoms with Crippen LogP contribution in [0.15, 0.2) is 30.3 Å². The van der Waals surface area contributed by atoms with Crippen molar-refractivity contribution >= 4 is 0 Å². The summed E-state index contributed by atoms with van der Waals surface area (Å²) in [4.78, 5) is 0. The van der Waals surface area contributed by atoms with E-state index in [9.17, 15) is 4.39 Å². The van der Waals surface area contributed by atoms with Crippen molar-refractivity contribution < 1.29 is 18.6 Å². The Kier molecular flexibility index (Phi) is 3.45. The molecular weight excluding hydrogens is 271 g/mol. The number of benzene rings is 2. The monoisotopic (exact) mass is 288 g/mol. The van der Waals surface area contributed by atoms with Crippen molar-refractivity contribution in [2.75, 3.05) is 14.2 Å². The summed E-state index contributed by atoms with van der Waals surface area (Å²) in [6.45, 7) is 1.98. The molecule has 4 heteroatoms. The van der Waals surface area contributed by atoms with Gasteiger partial charge in [0.05, 0.1) is 14.2 Å². The summed E-state index contributed by atoms with van der Waals surface area (Å²) in [5, 5.41) is 0. The van der Waals surface area contributed by atoms with E-state index < -0.39 is 0 Å². The fourth-order valence-electron chi connectivity index (χ4n) is 2.72. The molecule has 0 radical (unpaired) electrons. The van der Waals surface area contributed by atoms with Crippen LogP contribution in [0.2, 0.25) is 0 Å². The van der Waals surface area contributed by atoms with Gasteiger partial charge >= 0.3 is 0 Å². The van der Waals surface area contributed by atoms with Gasteiger partial charge in [0, 0.05) is 23.1 Å². The van der Waals surface area contributed by atoms with Crippen LogP contribution in [0, 0.1) is 5.82 Å². The Morgan fingerprint density at radius 3 is 2.62 bits per heavy atom. The predicted molar refractivity (Wildman–Crippen MR) is 78.7 cm³/mol. The SMILES string of the molecule is COc1ccc(OC)c(-c2cc(F)cc3c2OC(C)C3)c1. The Balaban J connectivity index is 2.21. The first-order valence-electron chi connectivity index (χ1n) is 6.84. The second kappa shape index (κ2) is 5.28. The van der Waals surface area contributed by atoms with Crippen LogP contribution in [0.25, 0.3) is 11.1 Å². The topological polar surface area (TPSA) is 27.7 Å². The number of fused-ring (bicyclic) bond motifs is 1. The molecule has 110 valence electrons. The number of hydrogen-bond donors (Lipinski definition) is 0. The van der Waals surface area contributed by atoms with Gasteiger partial charge in [-0.2, -0.15) is 0 Å². The van der Waals surface area contributed by atoms with Crippen molar-refractivity contribution in [2.45, 2.75) is 19.4 Å². The van der Waals surface area contributed by atoms with E-state index in [2.05, 4.69) is 0 Å². The normalized spacial score (nSPS) is 16.3. The van der Waals surface area contributed by atoms with Gasteiger partial charge in [-0.3, -0.25) is 0 Å². The number of ether oxygens (including phenoxy) is 3. The fourth-order valence-corrected chi connectivity index (χ4v) is 2.72. The number of rotatable bonds is 3. The van der Waals surface area contributed by atoms with E-state index in [-0.39, 0.29) is 11.9 Å². The molecular formula is C17H17FO3. The summed E-state index contributed by atoms with van der Waals surface area (Å²) >= 11 is 0. The minimum absolute atomic E-state index is 0.0529. The highest BCUT2D eigenvalue weighted by Crippen LogP contribution is 2.43. The lowest BCUT2D eigenvalue weighted by Crippen LogP contribution is -2.05. The van der Waals surface area contributed by atoms with Crippen LogP contribution in [0.5, 0.6) is 17.2 Å². The molecule has 2 aromatic rings. The molecule has 0 aliphatic carbocycles. The average Bonchev–Trinajstić information content (AvgIpc) is 2.85. The Bertz CT molecular complexity index is 682. The molecule has 1 aliphatic rings. The number of methoxy groups -OCH3 is 2. The Labute approximate surface area is 123 Å². The molecule has 0 saturated heterocycles. The zero-order chi connectivity index (χ0) is 15.0. The molecule has 0 amide bonds. The Morgan fingerprint density at radius 1 is 1.10 bits per heavy atom. The van der Waals surface area contributed by atoms with Crippen LogP contribution < -0.4 is 14.2 Å². The number of halogens is 1. The standard InChI is InChI=1S/C17H17FO3/c1-10-6-11-7-12(18)8-15(17(11)21-10)14-9-13(19-2)4-5-16(14)20-3/h4-5,7-10H,6H2,1-3H3. The fraction of sp³-hybridized carbons (Fsp3) is 0.294. The summed E-state index contributed by atoms with van der Waals surface area (Å²) in [6.07, 6.45) is 0.768. The van der Waals surface area contributed by atoms with Crippen molar-refractivity contribution in [2.24, 2.45) is 0 Å². The molecule has 2 aromatic carbocycles. The lowest BCUT2D eigenvalue weighted by molar-refractivity contribution is 0.255. The summed E-state index contributed by atoms with van der Waals surface area (Å²) in [5.41, 5.74) is 2.36. The van der Waals surface area contributed by atoms with Crippen molar-refractivity contribution in [1.82, 2.24) is 0 Å². The zero-order valence-electron chi connectivity index (χ0n) is 12.3. The van der Waals surface area contributed by atoms with Gasteiger partial charge in [-0.05, 0) is 37.3 Å². The lowest BCUT2D eigenvalue weighted by atomic mass is 9.99. The minimum atomic E-state index is -0.272. The highest BCUT2D eigenvalue weighted by molar-refractivity contribution is 5.79. The molecule has 1 heterocycles. The molecule has 0 saturated carbocycles. The van der Waals surface area contributed by atoms with Crippen LogP contribution in [0.1, 0.15) is 12.5 Å². The second-order valence-corrected chi connectivity index (χ2v) is 5.14. The first-order valence-corrected chi connectivity index (χ1v) is 6.84. The van der Waals surface area contributed by atoms with Gasteiger partial charge in [-0.15, -0.1) is 0 Å². The third-order valence-electron chi connectivity index (χ3n) is 3.65. The number of hydrogen-bond acceptors (Lipinski definition) is 3. The van der Waals surface area contributed by atoms with E-state index in [1.54, 1.807) is 14.2 Å². The van der Waals surface area contributed by atoms with E-state index in [4.69, 9.17) is 14.2 Å². The van der Waals surface area contributed by atoms with E-state index in [1.165, 1.54) is 12.1 Å². The van der Waals surface area contributed by atoms with Gasteiger partial charge in [-0.1, -0.05) is 0 Å². The second-order valence-electron chi connectivity index (χ2n) is 5.14. The molecule has 0 N–H and O–H groups in total. The smallest absolute Gasteiger partial charge is 0.131 e. The summed E-state index contributed by atoms with van der Waals surface area (Å²) in [5.74, 6) is 1.81. The van der Waals surface area contributed by atoms with Crippen molar-refractivity contribution in [3.05, 3.63) is 41.7 Å². The van der Waals surface area contributed by atoms with Crippen LogP contribution >= 0.6 is 0 Å². The molecule has 3 nitrogen and oxygen atoms in total. The maximum atomic E-state index is 13.9. The van der Waals surface area contributed by atoms with Crippen molar-refractivity contribution in [3.63, 3.8) is 0 Å². The van der Waals surface area contributed by atoms with Crippen molar-refractivity contribution in [1.29, 1.82) is 0 Å². The van der Waals surface area contributed by atoms with E-state index in [1.807, 2.05) is 25.1 Å². The lowest BCUT2D eigenvalue weighted by Gasteiger charge is -2.14. The van der Waals surface area contributed by atoms with Gasteiger partial charge < -0.3 is 14.2 Å². The Hall–Kier alpha value is -2.23. The van der Waals surface area contributed by atoms with Gasteiger partial charge in [-0.25, -0.2) is 4.39 Å². The van der Waals surface area contributed by atoms with Crippen LogP contribution in [0.3, 0.4) is 0 Å². The molecule has 1 atom stereocenters. The predicted octanol–water partition coefficient (Wildman–Crippen LogP) is 3.83. The highest BCUT2D eigenvalue weighted by Gasteiger charge is 2.25. The van der Waals surface area contributed by atoms with Crippen LogP contribution in [-0.4, -0.2) is 20.3 Å². The van der Waals surface area contributed by atoms with E-state index in [0.717, 1.165) is 16.9 Å². The molecule has 0 bridgehead atoms. The van der Waals surface area contributed by atoms with Gasteiger partial charge in [0.25, 0.3) is 0 Å². The molecule has 0 fully saturated rings. The third-order valence-corrected chi connectivity index (χ3v) is 3.65. The summed E-state index contributed by atoms with van der Waals surface area (Å²) < 4.78 is 30.4. The first-order chi connectivity index (χ1) is 10.1. The maximum absolute atomic E-state index is 13.9. The van der Waals surface area contributed by atoms with Crippen molar-refractivity contribution in [3.8, 4) is 28.4 Å². The Morgan fingerprint density at radius 2 is 1.90 bits per heavy atom. The molecule has 0 spiro atoms. The zero-order valence-corrected chi connectivity index (χ0v) is 12.3. The average molecular weight is 288 g/mol. The minimum Gasteiger partial charge on any atom is -0.497 e. The molecule has 3 rings (SSSR count). The largest absolute Gasteiger partial charge is 0.497 e. The summed E-state index contributed by atoms with van der Waals surface area (Å²) in [7, 11) is 3.19. The molecule has 0 aromatic heterocycles. The summed E-state index contributed by atoms with van der Waals surface area (Å²) in [6, 6.07) is 8.47. The molecule has 21 heavy (non-hydrogen) atoms. The van der Waals surface area contributed by atoms with E-state index >= 15 is 0 Å². The molecule has 1 aliphatic heterocycles. The first kappa shape index (κ1) is 13.7. The quantitative estimate of drug-likeness (QED) is 0.859. The van der Waals surface area contributed by atoms with E-state index in [0.29, 0.717) is 23.5 Å². The van der Waals surface area contributed by atoms with Gasteiger partial charge in [0.1, 0.15) is 29.2 Å². The van der Waals surface area contributed by atoms with Gasteiger partial charge in [0.2, 0.25) is 0 Å². The highest BCUT2D eigenvalue weighted by atomic mass is 19.1. The van der Waals surface area contributed by atoms with Crippen LogP contribution in [-0.2, 0) is 6.42 Å². The third kappa shape index (κ3) is 2.42. The van der Waals surface area contributed by atoms with Gasteiger partial charge in [0.15, 0.2) is 0 Å².